The zero-order valence-electron chi connectivity index (χ0n) is 10.8. The Labute approximate surface area is 110 Å². The average Bonchev–Trinajstić information content (AvgIpc) is 2.73. The minimum atomic E-state index is -1.32. The Hall–Kier alpha value is -1.83. The van der Waals surface area contributed by atoms with Gasteiger partial charge in [-0.05, 0) is 19.8 Å². The van der Waals surface area contributed by atoms with E-state index in [4.69, 9.17) is 15.6 Å². The number of primary amides is 1. The molecule has 2 atom stereocenters. The van der Waals surface area contributed by atoms with Gasteiger partial charge in [0.2, 0.25) is 5.91 Å². The van der Waals surface area contributed by atoms with Crippen molar-refractivity contribution < 1.29 is 24.2 Å². The summed E-state index contributed by atoms with van der Waals surface area (Å²) in [5.41, 5.74) is 4.49. The fourth-order valence-corrected chi connectivity index (χ4v) is 1.85. The van der Waals surface area contributed by atoms with Crippen molar-refractivity contribution in [2.24, 2.45) is 5.73 Å². The summed E-state index contributed by atoms with van der Waals surface area (Å²) in [6.07, 6.45) is 1.31. The summed E-state index contributed by atoms with van der Waals surface area (Å²) in [6, 6.07) is -1.99. The molecule has 108 valence electrons. The molecule has 1 aliphatic heterocycles. The number of ether oxygens (including phenoxy) is 1. The third-order valence-electron chi connectivity index (χ3n) is 2.93. The smallest absolute Gasteiger partial charge is 0.326 e. The lowest BCUT2D eigenvalue weighted by molar-refractivity contribution is -0.140. The summed E-state index contributed by atoms with van der Waals surface area (Å²) in [5.74, 6) is -2.10. The second-order valence-corrected chi connectivity index (χ2v) is 4.79. The number of hydrogen-bond donors (Lipinski definition) is 4. The number of nitrogens with two attached hydrogens (primary N) is 1. The van der Waals surface area contributed by atoms with E-state index < -0.39 is 36.0 Å². The van der Waals surface area contributed by atoms with E-state index in [0.29, 0.717) is 6.61 Å². The van der Waals surface area contributed by atoms with Crippen molar-refractivity contribution in [2.75, 3.05) is 13.2 Å². The Morgan fingerprint density at radius 1 is 1.47 bits per heavy atom. The van der Waals surface area contributed by atoms with E-state index in [1.165, 1.54) is 0 Å². The molecular formula is C11H19N3O5. The number of carbonyl (C=O) groups is 3. The molecule has 5 N–H and O–H groups in total. The highest BCUT2D eigenvalue weighted by Crippen LogP contribution is 2.23. The monoisotopic (exact) mass is 273 g/mol. The molecule has 1 aliphatic rings. The number of nitrogens with one attached hydrogen (secondary N) is 2. The number of amides is 3. The third-order valence-corrected chi connectivity index (χ3v) is 2.93. The van der Waals surface area contributed by atoms with Gasteiger partial charge in [0.1, 0.15) is 6.04 Å². The van der Waals surface area contributed by atoms with Crippen molar-refractivity contribution in [1.29, 1.82) is 0 Å². The van der Waals surface area contributed by atoms with Crippen LogP contribution in [0.4, 0.5) is 4.79 Å². The first-order valence-electron chi connectivity index (χ1n) is 6.02. The summed E-state index contributed by atoms with van der Waals surface area (Å²) in [5, 5.41) is 13.5. The molecule has 0 bridgehead atoms. The van der Waals surface area contributed by atoms with Crippen molar-refractivity contribution in [3.05, 3.63) is 0 Å². The van der Waals surface area contributed by atoms with Gasteiger partial charge < -0.3 is 26.2 Å². The molecule has 19 heavy (non-hydrogen) atoms. The Morgan fingerprint density at radius 2 is 2.16 bits per heavy atom. The highest BCUT2D eigenvalue weighted by atomic mass is 16.5. The van der Waals surface area contributed by atoms with Gasteiger partial charge in [0, 0.05) is 13.2 Å². The molecule has 1 fully saturated rings. The van der Waals surface area contributed by atoms with Crippen LogP contribution in [-0.4, -0.2) is 47.8 Å². The van der Waals surface area contributed by atoms with E-state index in [9.17, 15) is 14.4 Å². The molecule has 0 saturated carbocycles. The van der Waals surface area contributed by atoms with E-state index in [1.807, 2.05) is 6.92 Å². The summed E-state index contributed by atoms with van der Waals surface area (Å²) >= 11 is 0. The van der Waals surface area contributed by atoms with Crippen molar-refractivity contribution in [3.63, 3.8) is 0 Å². The molecule has 0 spiro atoms. The Kier molecular flexibility index (Phi) is 5.11. The van der Waals surface area contributed by atoms with E-state index in [1.54, 1.807) is 0 Å². The van der Waals surface area contributed by atoms with Crippen molar-refractivity contribution >= 4 is 17.9 Å². The molecule has 1 heterocycles. The normalized spacial score (nSPS) is 23.6. The molecule has 0 aromatic rings. The van der Waals surface area contributed by atoms with Crippen LogP contribution < -0.4 is 16.4 Å². The molecule has 8 heteroatoms. The fraction of sp³-hybridized carbons (Fsp3) is 0.727. The van der Waals surface area contributed by atoms with Gasteiger partial charge in [0.25, 0.3) is 0 Å². The molecule has 8 nitrogen and oxygen atoms in total. The third kappa shape index (κ3) is 5.12. The van der Waals surface area contributed by atoms with Crippen LogP contribution in [0.15, 0.2) is 0 Å². The zero-order chi connectivity index (χ0) is 14.5. The lowest BCUT2D eigenvalue weighted by Gasteiger charge is -2.24. The molecule has 1 saturated heterocycles. The first-order chi connectivity index (χ1) is 8.82. The molecule has 0 aromatic carbocycles. The van der Waals surface area contributed by atoms with Crippen molar-refractivity contribution in [2.45, 2.75) is 37.8 Å². The standard InChI is InChI=1S/C11H19N3O5/c1-11(3-2-4-19-11)6-13-10(18)14-7(9(16)17)5-8(12)15/h7H,2-6H2,1H3,(H2,12,15)(H,16,17)(H2,13,14,18). The second-order valence-electron chi connectivity index (χ2n) is 4.79. The summed E-state index contributed by atoms with van der Waals surface area (Å²) in [6.45, 7) is 2.80. The van der Waals surface area contributed by atoms with Crippen LogP contribution in [0.5, 0.6) is 0 Å². The maximum Gasteiger partial charge on any atom is 0.326 e. The van der Waals surface area contributed by atoms with Crippen LogP contribution in [0, 0.1) is 0 Å². The van der Waals surface area contributed by atoms with Gasteiger partial charge >= 0.3 is 12.0 Å². The maximum absolute atomic E-state index is 11.5. The molecule has 2 unspecified atom stereocenters. The summed E-state index contributed by atoms with van der Waals surface area (Å²) in [7, 11) is 0. The predicted octanol–water partition coefficient (Wildman–Crippen LogP) is -0.817. The number of urea groups is 1. The lowest BCUT2D eigenvalue weighted by Crippen LogP contribution is -2.50. The Bertz CT molecular complexity index is 365. The zero-order valence-corrected chi connectivity index (χ0v) is 10.8. The Morgan fingerprint density at radius 3 is 2.63 bits per heavy atom. The highest BCUT2D eigenvalue weighted by Gasteiger charge is 2.30. The highest BCUT2D eigenvalue weighted by molar-refractivity contribution is 5.87. The van der Waals surface area contributed by atoms with Crippen LogP contribution >= 0.6 is 0 Å². The van der Waals surface area contributed by atoms with Crippen LogP contribution in [0.1, 0.15) is 26.2 Å². The van der Waals surface area contributed by atoms with E-state index >= 15 is 0 Å². The van der Waals surface area contributed by atoms with Crippen molar-refractivity contribution in [1.82, 2.24) is 10.6 Å². The Balaban J connectivity index is 2.40. The minimum Gasteiger partial charge on any atom is -0.480 e. The largest absolute Gasteiger partial charge is 0.480 e. The average molecular weight is 273 g/mol. The van der Waals surface area contributed by atoms with E-state index in [2.05, 4.69) is 10.6 Å². The van der Waals surface area contributed by atoms with Gasteiger partial charge in [-0.3, -0.25) is 4.79 Å². The summed E-state index contributed by atoms with van der Waals surface area (Å²) < 4.78 is 5.47. The topological polar surface area (TPSA) is 131 Å². The van der Waals surface area contributed by atoms with Gasteiger partial charge in [0.05, 0.1) is 12.0 Å². The van der Waals surface area contributed by atoms with Gasteiger partial charge in [0.15, 0.2) is 0 Å². The molecule has 1 rings (SSSR count). The number of carboxylic acid groups (broad SMARTS) is 1. The van der Waals surface area contributed by atoms with Gasteiger partial charge in [-0.15, -0.1) is 0 Å². The van der Waals surface area contributed by atoms with Crippen LogP contribution in [0.25, 0.3) is 0 Å². The molecule has 0 aromatic heterocycles. The SMILES string of the molecule is CC1(CNC(=O)NC(CC(N)=O)C(=O)O)CCCO1. The first-order valence-corrected chi connectivity index (χ1v) is 6.02. The minimum absolute atomic E-state index is 0.280. The predicted molar refractivity (Wildman–Crippen MR) is 65.4 cm³/mol. The quantitative estimate of drug-likeness (QED) is 0.502. The summed E-state index contributed by atoms with van der Waals surface area (Å²) in [4.78, 5) is 33.0. The molecule has 3 amide bonds. The van der Waals surface area contributed by atoms with Crippen LogP contribution in [0.3, 0.4) is 0 Å². The number of carbonyl (C=O) groups excluding carboxylic acids is 2. The van der Waals surface area contributed by atoms with Crippen molar-refractivity contribution in [3.8, 4) is 0 Å². The van der Waals surface area contributed by atoms with Crippen LogP contribution in [0.2, 0.25) is 0 Å². The maximum atomic E-state index is 11.5. The number of aliphatic carboxylic acids is 1. The first kappa shape index (κ1) is 15.2. The lowest BCUT2D eigenvalue weighted by atomic mass is 10.0. The molecule has 0 radical (unpaired) electrons. The van der Waals surface area contributed by atoms with E-state index in [0.717, 1.165) is 12.8 Å². The van der Waals surface area contributed by atoms with Crippen LogP contribution in [-0.2, 0) is 14.3 Å². The van der Waals surface area contributed by atoms with Gasteiger partial charge in [-0.1, -0.05) is 0 Å². The number of hydrogen-bond acceptors (Lipinski definition) is 4. The molecule has 0 aliphatic carbocycles. The second kappa shape index (κ2) is 6.37. The number of carboxylic acids is 1. The van der Waals surface area contributed by atoms with Gasteiger partial charge in [-0.25, -0.2) is 9.59 Å². The van der Waals surface area contributed by atoms with E-state index in [-0.39, 0.29) is 6.54 Å². The van der Waals surface area contributed by atoms with Gasteiger partial charge in [-0.2, -0.15) is 0 Å². The molecular weight excluding hydrogens is 254 g/mol. The number of rotatable bonds is 6. The fourth-order valence-electron chi connectivity index (χ4n) is 1.85.